The summed E-state index contributed by atoms with van der Waals surface area (Å²) in [5.41, 5.74) is 2.19. The average molecular weight is 410 g/mol. The molecular formula is C24H31N3O3. The van der Waals surface area contributed by atoms with Gasteiger partial charge < -0.3 is 15.0 Å². The van der Waals surface area contributed by atoms with E-state index < -0.39 is 5.60 Å². The fourth-order valence-electron chi connectivity index (χ4n) is 3.57. The lowest BCUT2D eigenvalue weighted by atomic mass is 9.90. The van der Waals surface area contributed by atoms with Crippen molar-refractivity contribution in [2.75, 3.05) is 30.4 Å². The van der Waals surface area contributed by atoms with Gasteiger partial charge in [-0.1, -0.05) is 30.3 Å². The predicted molar refractivity (Wildman–Crippen MR) is 120 cm³/mol. The predicted octanol–water partition coefficient (Wildman–Crippen LogP) is 5.47. The number of benzene rings is 2. The van der Waals surface area contributed by atoms with E-state index in [0.29, 0.717) is 13.1 Å². The molecule has 3 rings (SSSR count). The third-order valence-electron chi connectivity index (χ3n) is 5.13. The van der Waals surface area contributed by atoms with E-state index in [1.165, 1.54) is 0 Å². The summed E-state index contributed by atoms with van der Waals surface area (Å²) >= 11 is 0. The first-order valence-corrected chi connectivity index (χ1v) is 10.4. The number of anilines is 2. The van der Waals surface area contributed by atoms with Crippen molar-refractivity contribution in [3.05, 3.63) is 60.2 Å². The molecule has 3 amide bonds. The Balaban J connectivity index is 1.68. The molecule has 0 saturated carbocycles. The largest absolute Gasteiger partial charge is 0.444 e. The molecule has 1 atom stereocenters. The molecule has 6 heteroatoms. The van der Waals surface area contributed by atoms with Gasteiger partial charge in [0, 0.05) is 37.4 Å². The molecule has 1 aliphatic rings. The van der Waals surface area contributed by atoms with Crippen LogP contribution in [0, 0.1) is 0 Å². The summed E-state index contributed by atoms with van der Waals surface area (Å²) in [5.74, 6) is 0.219. The highest BCUT2D eigenvalue weighted by molar-refractivity contribution is 6.01. The van der Waals surface area contributed by atoms with Crippen molar-refractivity contribution in [1.82, 2.24) is 4.90 Å². The molecule has 30 heavy (non-hydrogen) atoms. The van der Waals surface area contributed by atoms with E-state index in [1.807, 2.05) is 69.3 Å². The van der Waals surface area contributed by atoms with Gasteiger partial charge in [-0.3, -0.25) is 4.90 Å². The molecule has 6 nitrogen and oxygen atoms in total. The van der Waals surface area contributed by atoms with Gasteiger partial charge in [0.1, 0.15) is 5.60 Å². The standard InChI is InChI=1S/C24H31N3O3/c1-24(2,3)30-23(29)27-15-9-11-19(17-27)18-10-8-14-21(16-18)26(4)22(28)25-20-12-6-5-7-13-20/h5-8,10,12-14,16,19H,9,11,15,17H2,1-4H3,(H,25,28). The Bertz CT molecular complexity index is 877. The van der Waals surface area contributed by atoms with Crippen LogP contribution in [-0.2, 0) is 4.74 Å². The second-order valence-corrected chi connectivity index (χ2v) is 8.72. The summed E-state index contributed by atoms with van der Waals surface area (Å²) in [6.45, 7) is 6.98. The lowest BCUT2D eigenvalue weighted by molar-refractivity contribution is 0.0198. The number of nitrogens with one attached hydrogen (secondary N) is 1. The summed E-state index contributed by atoms with van der Waals surface area (Å²) < 4.78 is 5.54. The number of hydrogen-bond donors (Lipinski definition) is 1. The van der Waals surface area contributed by atoms with Crippen LogP contribution in [0.5, 0.6) is 0 Å². The molecule has 160 valence electrons. The van der Waals surface area contributed by atoms with Crippen LogP contribution in [0.3, 0.4) is 0 Å². The highest BCUT2D eigenvalue weighted by Gasteiger charge is 2.28. The molecule has 0 bridgehead atoms. The number of nitrogens with zero attached hydrogens (tertiary/aromatic N) is 2. The van der Waals surface area contributed by atoms with E-state index in [4.69, 9.17) is 4.74 Å². The Labute approximate surface area is 178 Å². The van der Waals surface area contributed by atoms with Crippen LogP contribution < -0.4 is 10.2 Å². The normalized spacial score (nSPS) is 16.7. The lowest BCUT2D eigenvalue weighted by Gasteiger charge is -2.34. The van der Waals surface area contributed by atoms with Gasteiger partial charge in [-0.25, -0.2) is 9.59 Å². The second-order valence-electron chi connectivity index (χ2n) is 8.72. The smallest absolute Gasteiger partial charge is 0.410 e. The van der Waals surface area contributed by atoms with E-state index in [9.17, 15) is 9.59 Å². The number of carbonyl (C=O) groups excluding carboxylic acids is 2. The monoisotopic (exact) mass is 409 g/mol. The molecule has 0 aliphatic carbocycles. The number of rotatable bonds is 3. The van der Waals surface area contributed by atoms with Gasteiger partial charge in [0.15, 0.2) is 0 Å². The number of likely N-dealkylation sites (tertiary alicyclic amines) is 1. The van der Waals surface area contributed by atoms with E-state index in [2.05, 4.69) is 11.4 Å². The molecule has 2 aromatic rings. The molecule has 1 unspecified atom stereocenters. The van der Waals surface area contributed by atoms with Crippen LogP contribution in [-0.4, -0.2) is 42.8 Å². The van der Waals surface area contributed by atoms with Crippen LogP contribution >= 0.6 is 0 Å². The molecule has 2 aromatic carbocycles. The van der Waals surface area contributed by atoms with Crippen LogP contribution in [0.15, 0.2) is 54.6 Å². The number of para-hydroxylation sites is 1. The molecule has 0 spiro atoms. The van der Waals surface area contributed by atoms with Crippen molar-refractivity contribution in [3.63, 3.8) is 0 Å². The van der Waals surface area contributed by atoms with Crippen molar-refractivity contribution in [3.8, 4) is 0 Å². The minimum atomic E-state index is -0.501. The summed E-state index contributed by atoms with van der Waals surface area (Å²) in [5, 5.41) is 2.90. The van der Waals surface area contributed by atoms with E-state index >= 15 is 0 Å². The molecule has 0 aromatic heterocycles. The van der Waals surface area contributed by atoms with E-state index in [1.54, 1.807) is 16.8 Å². The number of carbonyl (C=O) groups is 2. The van der Waals surface area contributed by atoms with Crippen molar-refractivity contribution in [1.29, 1.82) is 0 Å². The minimum absolute atomic E-state index is 0.197. The molecule has 1 heterocycles. The Morgan fingerprint density at radius 2 is 1.83 bits per heavy atom. The van der Waals surface area contributed by atoms with Crippen LogP contribution in [0.4, 0.5) is 21.0 Å². The Morgan fingerprint density at radius 3 is 2.53 bits per heavy atom. The lowest BCUT2D eigenvalue weighted by Crippen LogP contribution is -2.42. The Hall–Kier alpha value is -3.02. The van der Waals surface area contributed by atoms with Gasteiger partial charge in [-0.2, -0.15) is 0 Å². The first-order valence-electron chi connectivity index (χ1n) is 10.4. The number of amides is 3. The van der Waals surface area contributed by atoms with Crippen molar-refractivity contribution in [2.45, 2.75) is 45.1 Å². The minimum Gasteiger partial charge on any atom is -0.444 e. The van der Waals surface area contributed by atoms with Gasteiger partial charge in [0.25, 0.3) is 0 Å². The number of hydrogen-bond acceptors (Lipinski definition) is 3. The first kappa shape index (κ1) is 21.7. The SMILES string of the molecule is CN(C(=O)Nc1ccccc1)c1cccc(C2CCCN(C(=O)OC(C)(C)C)C2)c1. The third-order valence-corrected chi connectivity index (χ3v) is 5.13. The third kappa shape index (κ3) is 5.75. The number of ether oxygens (including phenoxy) is 1. The van der Waals surface area contributed by atoms with Crippen LogP contribution in [0.25, 0.3) is 0 Å². The maximum Gasteiger partial charge on any atom is 0.410 e. The fourth-order valence-corrected chi connectivity index (χ4v) is 3.57. The van der Waals surface area contributed by atoms with Crippen molar-refractivity contribution < 1.29 is 14.3 Å². The summed E-state index contributed by atoms with van der Waals surface area (Å²) in [7, 11) is 1.76. The zero-order valence-corrected chi connectivity index (χ0v) is 18.2. The zero-order chi connectivity index (χ0) is 21.7. The summed E-state index contributed by atoms with van der Waals surface area (Å²) in [6, 6.07) is 17.2. The molecule has 1 N–H and O–H groups in total. The second kappa shape index (κ2) is 9.20. The van der Waals surface area contributed by atoms with E-state index in [-0.39, 0.29) is 18.0 Å². The number of urea groups is 1. The maximum atomic E-state index is 12.6. The van der Waals surface area contributed by atoms with Crippen LogP contribution in [0.2, 0.25) is 0 Å². The van der Waals surface area contributed by atoms with Crippen molar-refractivity contribution in [2.24, 2.45) is 0 Å². The first-order chi connectivity index (χ1) is 14.2. The number of piperidine rings is 1. The molecule has 0 radical (unpaired) electrons. The highest BCUT2D eigenvalue weighted by Crippen LogP contribution is 2.30. The molecule has 1 aliphatic heterocycles. The van der Waals surface area contributed by atoms with Gasteiger partial charge in [-0.15, -0.1) is 0 Å². The van der Waals surface area contributed by atoms with E-state index in [0.717, 1.165) is 29.8 Å². The van der Waals surface area contributed by atoms with Gasteiger partial charge in [0.05, 0.1) is 0 Å². The van der Waals surface area contributed by atoms with Gasteiger partial charge in [-0.05, 0) is 63.4 Å². The summed E-state index contributed by atoms with van der Waals surface area (Å²) in [4.78, 5) is 28.5. The fraction of sp³-hybridized carbons (Fsp3) is 0.417. The highest BCUT2D eigenvalue weighted by atomic mass is 16.6. The van der Waals surface area contributed by atoms with Gasteiger partial charge in [0.2, 0.25) is 0 Å². The van der Waals surface area contributed by atoms with Crippen LogP contribution in [0.1, 0.15) is 45.1 Å². The zero-order valence-electron chi connectivity index (χ0n) is 18.2. The quantitative estimate of drug-likeness (QED) is 0.731. The maximum absolute atomic E-state index is 12.6. The molecule has 1 fully saturated rings. The average Bonchev–Trinajstić information content (AvgIpc) is 2.73. The van der Waals surface area contributed by atoms with Crippen molar-refractivity contribution >= 4 is 23.5 Å². The molecule has 1 saturated heterocycles. The Morgan fingerprint density at radius 1 is 1.10 bits per heavy atom. The Kier molecular flexibility index (Phi) is 6.65. The molecular weight excluding hydrogens is 378 g/mol. The topological polar surface area (TPSA) is 61.9 Å². The summed E-state index contributed by atoms with van der Waals surface area (Å²) in [6.07, 6.45) is 1.67. The van der Waals surface area contributed by atoms with Gasteiger partial charge >= 0.3 is 12.1 Å².